The summed E-state index contributed by atoms with van der Waals surface area (Å²) in [6.07, 6.45) is 0. The van der Waals surface area contributed by atoms with Crippen molar-refractivity contribution in [3.8, 4) is 0 Å². The Morgan fingerprint density at radius 3 is 2.58 bits per heavy atom. The first-order valence-corrected chi connectivity index (χ1v) is 12.6. The van der Waals surface area contributed by atoms with Crippen molar-refractivity contribution in [2.24, 2.45) is 11.8 Å². The summed E-state index contributed by atoms with van der Waals surface area (Å²) in [4.78, 5) is 19.3. The molecular formula is C28H33FN2OS. The Hall–Kier alpha value is -2.50. The van der Waals surface area contributed by atoms with E-state index in [2.05, 4.69) is 37.1 Å². The molecule has 2 unspecified atom stereocenters. The third-order valence-corrected chi connectivity index (χ3v) is 7.48. The number of carbonyl (C=O) groups is 1. The molecule has 0 radical (unpaired) electrons. The quantitative estimate of drug-likeness (QED) is 0.396. The molecule has 0 bridgehead atoms. The first-order valence-electron chi connectivity index (χ1n) is 11.8. The summed E-state index contributed by atoms with van der Waals surface area (Å²) in [6, 6.07) is 18.7. The molecule has 2 heterocycles. The van der Waals surface area contributed by atoms with Crippen molar-refractivity contribution in [1.82, 2.24) is 9.80 Å². The van der Waals surface area contributed by atoms with Crippen molar-refractivity contribution in [1.29, 1.82) is 0 Å². The van der Waals surface area contributed by atoms with E-state index in [4.69, 9.17) is 0 Å². The van der Waals surface area contributed by atoms with E-state index in [1.165, 1.54) is 16.5 Å². The van der Waals surface area contributed by atoms with Gasteiger partial charge in [-0.15, -0.1) is 11.3 Å². The summed E-state index contributed by atoms with van der Waals surface area (Å²) >= 11 is 1.80. The average Bonchev–Trinajstić information content (AvgIpc) is 3.39. The van der Waals surface area contributed by atoms with Gasteiger partial charge >= 0.3 is 0 Å². The van der Waals surface area contributed by atoms with E-state index in [1.54, 1.807) is 23.5 Å². The van der Waals surface area contributed by atoms with Gasteiger partial charge in [0.05, 0.1) is 0 Å². The number of hydrogen-bond acceptors (Lipinski definition) is 3. The molecule has 1 saturated heterocycles. The Bertz CT molecular complexity index is 1060. The van der Waals surface area contributed by atoms with Gasteiger partial charge in [0.2, 0.25) is 0 Å². The summed E-state index contributed by atoms with van der Waals surface area (Å²) in [5.41, 5.74) is 3.08. The van der Waals surface area contributed by atoms with Gasteiger partial charge in [-0.05, 0) is 65.6 Å². The van der Waals surface area contributed by atoms with E-state index in [1.807, 2.05) is 41.3 Å². The molecule has 1 aliphatic rings. The zero-order chi connectivity index (χ0) is 23.4. The molecule has 1 fully saturated rings. The molecule has 3 nitrogen and oxygen atoms in total. The average molecular weight is 465 g/mol. The molecule has 1 aromatic heterocycles. The van der Waals surface area contributed by atoms with Gasteiger partial charge in [0.15, 0.2) is 0 Å². The van der Waals surface area contributed by atoms with Gasteiger partial charge in [0, 0.05) is 49.1 Å². The molecule has 5 heteroatoms. The maximum atomic E-state index is 14.1. The van der Waals surface area contributed by atoms with Crippen molar-refractivity contribution in [3.63, 3.8) is 0 Å². The van der Waals surface area contributed by atoms with Gasteiger partial charge in [0.1, 0.15) is 5.82 Å². The fourth-order valence-corrected chi connectivity index (χ4v) is 5.83. The van der Waals surface area contributed by atoms with Crippen LogP contribution < -0.4 is 0 Å². The Balaban J connectivity index is 1.59. The number of likely N-dealkylation sites (tertiary alicyclic amines) is 1. The summed E-state index contributed by atoms with van der Waals surface area (Å²) in [6.45, 7) is 10.5. The van der Waals surface area contributed by atoms with E-state index >= 15 is 0 Å². The Labute approximate surface area is 200 Å². The van der Waals surface area contributed by atoms with Crippen LogP contribution in [-0.2, 0) is 6.54 Å². The maximum absolute atomic E-state index is 14.1. The third kappa shape index (κ3) is 5.90. The normalized spacial score (nSPS) is 18.7. The first-order chi connectivity index (χ1) is 15.9. The lowest BCUT2D eigenvalue weighted by molar-refractivity contribution is 0.0703. The highest BCUT2D eigenvalue weighted by atomic mass is 32.1. The number of benzene rings is 2. The highest BCUT2D eigenvalue weighted by Gasteiger charge is 2.36. The van der Waals surface area contributed by atoms with Crippen LogP contribution in [-0.4, -0.2) is 41.9 Å². The van der Waals surface area contributed by atoms with E-state index in [-0.39, 0.29) is 23.6 Å². The van der Waals surface area contributed by atoms with Crippen LogP contribution >= 0.6 is 11.3 Å². The number of thiophene rings is 1. The highest BCUT2D eigenvalue weighted by Crippen LogP contribution is 2.35. The fourth-order valence-electron chi connectivity index (χ4n) is 4.89. The molecule has 1 aliphatic heterocycles. The first kappa shape index (κ1) is 23.7. The predicted octanol–water partition coefficient (Wildman–Crippen LogP) is 6.21. The van der Waals surface area contributed by atoms with Gasteiger partial charge in [-0.2, -0.15) is 0 Å². The summed E-state index contributed by atoms with van der Waals surface area (Å²) in [7, 11) is 0. The van der Waals surface area contributed by atoms with Crippen LogP contribution in [0.3, 0.4) is 0 Å². The van der Waals surface area contributed by atoms with Gasteiger partial charge in [0.25, 0.3) is 5.91 Å². The summed E-state index contributed by atoms with van der Waals surface area (Å²) < 4.78 is 14.1. The Kier molecular flexibility index (Phi) is 7.61. The van der Waals surface area contributed by atoms with Crippen molar-refractivity contribution < 1.29 is 9.18 Å². The minimum Gasteiger partial charge on any atom is -0.338 e. The van der Waals surface area contributed by atoms with Crippen LogP contribution in [0.2, 0.25) is 0 Å². The predicted molar refractivity (Wildman–Crippen MR) is 134 cm³/mol. The SMILES string of the molecule is Cc1ccsc1CN1CC(CN(CC(C)C)C(=O)c2ccccc2)C(c2cccc(F)c2)C1. The van der Waals surface area contributed by atoms with Crippen LogP contribution in [0, 0.1) is 24.6 Å². The molecule has 2 aromatic carbocycles. The monoisotopic (exact) mass is 464 g/mol. The van der Waals surface area contributed by atoms with Crippen molar-refractivity contribution in [2.45, 2.75) is 33.2 Å². The lowest BCUT2D eigenvalue weighted by atomic mass is 9.88. The number of halogens is 1. The molecule has 4 rings (SSSR count). The van der Waals surface area contributed by atoms with Crippen LogP contribution in [0.1, 0.15) is 46.1 Å². The molecule has 33 heavy (non-hydrogen) atoms. The second-order valence-corrected chi connectivity index (χ2v) is 10.6. The molecular weight excluding hydrogens is 431 g/mol. The minimum absolute atomic E-state index is 0.0786. The third-order valence-electron chi connectivity index (χ3n) is 6.48. The molecule has 0 saturated carbocycles. The van der Waals surface area contributed by atoms with E-state index < -0.39 is 0 Å². The smallest absolute Gasteiger partial charge is 0.253 e. The summed E-state index contributed by atoms with van der Waals surface area (Å²) in [5.74, 6) is 0.697. The fraction of sp³-hybridized carbons (Fsp3) is 0.393. The van der Waals surface area contributed by atoms with Crippen molar-refractivity contribution in [2.75, 3.05) is 26.2 Å². The molecule has 3 aromatic rings. The largest absolute Gasteiger partial charge is 0.338 e. The van der Waals surface area contributed by atoms with Gasteiger partial charge in [-0.25, -0.2) is 4.39 Å². The topological polar surface area (TPSA) is 23.6 Å². The van der Waals surface area contributed by atoms with Crippen molar-refractivity contribution in [3.05, 3.63) is 93.4 Å². The van der Waals surface area contributed by atoms with Crippen LogP contribution in [0.15, 0.2) is 66.0 Å². The Morgan fingerprint density at radius 2 is 1.91 bits per heavy atom. The summed E-state index contributed by atoms with van der Waals surface area (Å²) in [5, 5.41) is 2.14. The van der Waals surface area contributed by atoms with Gasteiger partial charge in [-0.1, -0.05) is 44.2 Å². The van der Waals surface area contributed by atoms with E-state index in [0.717, 1.165) is 30.8 Å². The molecule has 1 amide bonds. The second kappa shape index (κ2) is 10.6. The number of rotatable bonds is 8. The minimum atomic E-state index is -0.196. The number of carbonyl (C=O) groups excluding carboxylic acids is 1. The lowest BCUT2D eigenvalue weighted by Gasteiger charge is -2.30. The number of aryl methyl sites for hydroxylation is 1. The highest BCUT2D eigenvalue weighted by molar-refractivity contribution is 7.10. The standard InChI is InChI=1S/C28H33FN2OS/c1-20(2)15-31(28(32)22-8-5-4-6-9-22)17-24-16-30(19-27-21(3)12-13-33-27)18-26(24)23-10-7-11-25(29)14-23/h4-14,20,24,26H,15-19H2,1-3H3. The molecule has 0 spiro atoms. The van der Waals surface area contributed by atoms with Gasteiger partial charge < -0.3 is 4.90 Å². The van der Waals surface area contributed by atoms with E-state index in [9.17, 15) is 9.18 Å². The van der Waals surface area contributed by atoms with Crippen molar-refractivity contribution >= 4 is 17.2 Å². The zero-order valence-electron chi connectivity index (χ0n) is 19.7. The Morgan fingerprint density at radius 1 is 1.12 bits per heavy atom. The maximum Gasteiger partial charge on any atom is 0.253 e. The molecule has 174 valence electrons. The second-order valence-electron chi connectivity index (χ2n) is 9.61. The molecule has 0 aliphatic carbocycles. The number of hydrogen-bond donors (Lipinski definition) is 0. The molecule has 0 N–H and O–H groups in total. The van der Waals surface area contributed by atoms with E-state index in [0.29, 0.717) is 19.0 Å². The van der Waals surface area contributed by atoms with Crippen LogP contribution in [0.4, 0.5) is 4.39 Å². The van der Waals surface area contributed by atoms with Crippen LogP contribution in [0.25, 0.3) is 0 Å². The van der Waals surface area contributed by atoms with Crippen LogP contribution in [0.5, 0.6) is 0 Å². The molecule has 2 atom stereocenters. The number of nitrogens with zero attached hydrogens (tertiary/aromatic N) is 2. The number of amides is 1. The zero-order valence-corrected chi connectivity index (χ0v) is 20.5. The van der Waals surface area contributed by atoms with Gasteiger partial charge in [-0.3, -0.25) is 9.69 Å². The lowest BCUT2D eigenvalue weighted by Crippen LogP contribution is -2.39.